The largest absolute Gasteiger partial charge is 0.507 e. The second-order valence-corrected chi connectivity index (χ2v) is 9.93. The molecular weight excluding hydrogens is 502 g/mol. The van der Waals surface area contributed by atoms with Crippen molar-refractivity contribution in [2.24, 2.45) is 11.3 Å². The molecule has 0 fully saturated rings. The van der Waals surface area contributed by atoms with Crippen LogP contribution in [-0.4, -0.2) is 53.6 Å². The lowest BCUT2D eigenvalue weighted by Crippen LogP contribution is -2.61. The molecule has 1 aliphatic carbocycles. The number of nitrogens with zero attached hydrogens (tertiary/aromatic N) is 1. The molecule has 1 aromatic rings. The molecule has 0 radical (unpaired) electrons. The number of aromatic hydroxyl groups is 1. The highest BCUT2D eigenvalue weighted by molar-refractivity contribution is 9.10. The summed E-state index contributed by atoms with van der Waals surface area (Å²) in [6.45, 7) is 3.56. The van der Waals surface area contributed by atoms with Crippen molar-refractivity contribution < 1.29 is 33.8 Å². The summed E-state index contributed by atoms with van der Waals surface area (Å²) in [5.41, 5.74) is -0.751. The predicted molar refractivity (Wildman–Crippen MR) is 118 cm³/mol. The van der Waals surface area contributed by atoms with E-state index in [0.29, 0.717) is 22.0 Å². The molecule has 1 aromatic carbocycles. The number of fused-ring (bicyclic) bond motifs is 4. The van der Waals surface area contributed by atoms with E-state index < -0.39 is 34.4 Å². The monoisotopic (exact) mass is 521 g/mol. The van der Waals surface area contributed by atoms with Crippen molar-refractivity contribution in [1.29, 1.82) is 0 Å². The van der Waals surface area contributed by atoms with Gasteiger partial charge in [-0.2, -0.15) is 0 Å². The minimum absolute atomic E-state index is 0.0382. The van der Waals surface area contributed by atoms with Gasteiger partial charge in [0.25, 0.3) is 0 Å². The van der Waals surface area contributed by atoms with Gasteiger partial charge in [-0.25, -0.2) is 9.59 Å². The van der Waals surface area contributed by atoms with Crippen LogP contribution >= 0.6 is 27.7 Å². The Balaban J connectivity index is 2.13. The van der Waals surface area contributed by atoms with Gasteiger partial charge >= 0.3 is 11.9 Å². The first kappa shape index (κ1) is 22.6. The number of hydrogen-bond donors (Lipinski definition) is 1. The lowest BCUT2D eigenvalue weighted by Gasteiger charge is -2.51. The minimum Gasteiger partial charge on any atom is -0.507 e. The van der Waals surface area contributed by atoms with E-state index in [2.05, 4.69) is 15.9 Å². The molecule has 32 heavy (non-hydrogen) atoms. The number of phenolic OH excluding ortho intramolecular Hbond substituents is 1. The van der Waals surface area contributed by atoms with Crippen LogP contribution in [0, 0.1) is 11.3 Å². The Morgan fingerprint density at radius 2 is 1.91 bits per heavy atom. The van der Waals surface area contributed by atoms with Crippen LogP contribution in [0.5, 0.6) is 5.75 Å². The zero-order chi connectivity index (χ0) is 23.5. The van der Waals surface area contributed by atoms with Crippen molar-refractivity contribution in [2.75, 3.05) is 14.2 Å². The summed E-state index contributed by atoms with van der Waals surface area (Å²) in [5.74, 6) is -3.43. The maximum Gasteiger partial charge on any atom is 0.355 e. The number of Topliss-reactive ketones (excluding diaryl/α,β-unsaturated/α-hetero) is 1. The second kappa shape index (κ2) is 7.77. The Morgan fingerprint density at radius 3 is 2.50 bits per heavy atom. The van der Waals surface area contributed by atoms with Gasteiger partial charge in [0.1, 0.15) is 28.5 Å². The molecule has 3 aliphatic rings. The topological polar surface area (TPSA) is 110 Å². The van der Waals surface area contributed by atoms with Crippen molar-refractivity contribution >= 4 is 51.7 Å². The predicted octanol–water partition coefficient (Wildman–Crippen LogP) is 2.94. The van der Waals surface area contributed by atoms with E-state index in [0.717, 1.165) is 4.91 Å². The summed E-state index contributed by atoms with van der Waals surface area (Å²) < 4.78 is 10.5. The molecular formula is C22H20BrNO7S. The van der Waals surface area contributed by atoms with E-state index in [4.69, 9.17) is 9.47 Å². The Bertz CT molecular complexity index is 1160. The summed E-state index contributed by atoms with van der Waals surface area (Å²) in [6, 6.07) is 2.97. The van der Waals surface area contributed by atoms with E-state index >= 15 is 0 Å². The second-order valence-electron chi connectivity index (χ2n) is 7.78. The number of allylic oxidation sites excluding steroid dienone is 2. The zero-order valence-corrected chi connectivity index (χ0v) is 20.1. The van der Waals surface area contributed by atoms with E-state index in [-0.39, 0.29) is 29.0 Å². The van der Waals surface area contributed by atoms with Gasteiger partial charge in [0, 0.05) is 21.0 Å². The van der Waals surface area contributed by atoms with E-state index in [9.17, 15) is 24.3 Å². The number of ketones is 1. The number of carbonyl (C=O) groups is 4. The fourth-order valence-electron chi connectivity index (χ4n) is 4.83. The van der Waals surface area contributed by atoms with Gasteiger partial charge in [0.05, 0.1) is 25.4 Å². The Hall–Kier alpha value is -2.59. The summed E-state index contributed by atoms with van der Waals surface area (Å²) in [5, 5.41) is 9.70. The first-order valence-corrected chi connectivity index (χ1v) is 11.4. The minimum atomic E-state index is -1.74. The van der Waals surface area contributed by atoms with Crippen LogP contribution in [-0.2, 0) is 30.3 Å². The molecule has 3 atom stereocenters. The number of aldehydes is 1. The molecule has 4 rings (SSSR count). The SMILES string of the molecule is COC(=O)C1=C(C(=O)OC)N2C(C)=C(C)SC2C2(C=O)C(=O)c3c(O)ccc(Br)c3C[C@H]12. The number of benzene rings is 1. The van der Waals surface area contributed by atoms with Crippen LogP contribution in [0.1, 0.15) is 29.8 Å². The third-order valence-electron chi connectivity index (χ3n) is 6.46. The van der Waals surface area contributed by atoms with Gasteiger partial charge < -0.3 is 24.3 Å². The molecule has 2 unspecified atom stereocenters. The smallest absolute Gasteiger partial charge is 0.355 e. The quantitative estimate of drug-likeness (QED) is 0.364. The van der Waals surface area contributed by atoms with Crippen LogP contribution in [0.4, 0.5) is 0 Å². The average molecular weight is 522 g/mol. The molecule has 0 bridgehead atoms. The number of esters is 2. The molecule has 0 spiro atoms. The van der Waals surface area contributed by atoms with Gasteiger partial charge in [-0.15, -0.1) is 11.8 Å². The van der Waals surface area contributed by atoms with E-state index in [1.807, 2.05) is 6.92 Å². The molecule has 8 nitrogen and oxygen atoms in total. The molecule has 2 heterocycles. The summed E-state index contributed by atoms with van der Waals surface area (Å²) >= 11 is 4.68. The van der Waals surface area contributed by atoms with E-state index in [1.54, 1.807) is 13.0 Å². The van der Waals surface area contributed by atoms with Crippen LogP contribution < -0.4 is 0 Å². The molecule has 10 heteroatoms. The molecule has 0 amide bonds. The highest BCUT2D eigenvalue weighted by atomic mass is 79.9. The zero-order valence-electron chi connectivity index (χ0n) is 17.7. The van der Waals surface area contributed by atoms with E-state index in [1.165, 1.54) is 36.9 Å². The van der Waals surface area contributed by atoms with Crippen LogP contribution in [0.15, 0.2) is 38.5 Å². The van der Waals surface area contributed by atoms with Crippen LogP contribution in [0.3, 0.4) is 0 Å². The number of carbonyl (C=O) groups excluding carboxylic acids is 4. The van der Waals surface area contributed by atoms with Crippen molar-refractivity contribution in [3.63, 3.8) is 0 Å². The Kier molecular flexibility index (Phi) is 5.49. The highest BCUT2D eigenvalue weighted by Gasteiger charge is 2.65. The number of ether oxygens (including phenoxy) is 2. The van der Waals surface area contributed by atoms with Gasteiger partial charge in [-0.05, 0) is 38.0 Å². The number of thioether (sulfide) groups is 1. The maximum absolute atomic E-state index is 14.0. The third kappa shape index (κ3) is 2.75. The van der Waals surface area contributed by atoms with Crippen molar-refractivity contribution in [3.8, 4) is 5.75 Å². The lowest BCUT2D eigenvalue weighted by molar-refractivity contribution is -0.143. The van der Waals surface area contributed by atoms with Crippen molar-refractivity contribution in [1.82, 2.24) is 4.90 Å². The molecule has 0 saturated carbocycles. The summed E-state index contributed by atoms with van der Waals surface area (Å²) in [6.07, 6.45) is 0.611. The number of hydrogen-bond acceptors (Lipinski definition) is 9. The highest BCUT2D eigenvalue weighted by Crippen LogP contribution is 2.60. The number of methoxy groups -OCH3 is 2. The van der Waals surface area contributed by atoms with Gasteiger partial charge in [0.15, 0.2) is 5.78 Å². The van der Waals surface area contributed by atoms with Crippen molar-refractivity contribution in [3.05, 3.63) is 49.6 Å². The summed E-state index contributed by atoms with van der Waals surface area (Å²) in [4.78, 5) is 55.1. The number of rotatable bonds is 3. The average Bonchev–Trinajstić information content (AvgIpc) is 3.08. The molecule has 168 valence electrons. The van der Waals surface area contributed by atoms with Crippen molar-refractivity contribution in [2.45, 2.75) is 25.6 Å². The fourth-order valence-corrected chi connectivity index (χ4v) is 6.81. The first-order valence-electron chi connectivity index (χ1n) is 9.71. The Labute approximate surface area is 196 Å². The van der Waals surface area contributed by atoms with Crippen LogP contribution in [0.2, 0.25) is 0 Å². The maximum atomic E-state index is 14.0. The third-order valence-corrected chi connectivity index (χ3v) is 8.68. The molecule has 0 aromatic heterocycles. The molecule has 0 saturated heterocycles. The van der Waals surface area contributed by atoms with Crippen LogP contribution in [0.25, 0.3) is 0 Å². The van der Waals surface area contributed by atoms with Gasteiger partial charge in [0.2, 0.25) is 0 Å². The Morgan fingerprint density at radius 1 is 1.25 bits per heavy atom. The first-order chi connectivity index (χ1) is 15.1. The molecule has 1 N–H and O–H groups in total. The number of phenols is 1. The molecule has 2 aliphatic heterocycles. The number of halogens is 1. The normalized spacial score (nSPS) is 26.4. The van der Waals surface area contributed by atoms with Gasteiger partial charge in [-0.1, -0.05) is 15.9 Å². The summed E-state index contributed by atoms with van der Waals surface area (Å²) in [7, 11) is 2.37. The fraction of sp³-hybridized carbons (Fsp3) is 0.364. The van der Waals surface area contributed by atoms with Gasteiger partial charge in [-0.3, -0.25) is 4.79 Å². The standard InChI is InChI=1S/C22H20BrNO7S/c1-9-10(2)32-21-22(8-25)12(7-11-13(23)5-6-14(26)15(11)18(22)27)16(19(28)30-3)17(24(9)21)20(29)31-4/h5-6,8,12,21,26H,7H2,1-4H3/t12-,21?,22?/m1/s1. The lowest BCUT2D eigenvalue weighted by atomic mass is 9.59.